The number of fused-ring (bicyclic) bond motifs is 2. The molecule has 0 radical (unpaired) electrons. The van der Waals surface area contributed by atoms with E-state index in [-0.39, 0.29) is 66.9 Å². The topological polar surface area (TPSA) is 318 Å². The van der Waals surface area contributed by atoms with Gasteiger partial charge < -0.3 is 14.6 Å². The number of carboxylic acids is 1. The summed E-state index contributed by atoms with van der Waals surface area (Å²) in [5.41, 5.74) is -3.13. The third-order valence-corrected chi connectivity index (χ3v) is 13.9. The molecule has 2 heterocycles. The van der Waals surface area contributed by atoms with Gasteiger partial charge in [0.05, 0.1) is 26.8 Å². The maximum Gasteiger partial charge on any atom is 0.303 e. The lowest BCUT2D eigenvalue weighted by Crippen LogP contribution is -2.31. The van der Waals surface area contributed by atoms with E-state index in [1.54, 1.807) is 6.92 Å². The van der Waals surface area contributed by atoms with Crippen molar-refractivity contribution in [3.05, 3.63) is 65.4 Å². The lowest BCUT2D eigenvalue weighted by Gasteiger charge is -2.31. The molecule has 1 unspecified atom stereocenters. The quantitative estimate of drug-likeness (QED) is 0.113. The number of rotatable bonds is 17. The van der Waals surface area contributed by atoms with Gasteiger partial charge in [0.1, 0.15) is 16.3 Å². The van der Waals surface area contributed by atoms with Crippen LogP contribution in [0.2, 0.25) is 0 Å². The molecule has 0 saturated heterocycles. The first-order valence-corrected chi connectivity index (χ1v) is 24.1. The molecule has 310 valence electrons. The Kier molecular flexibility index (Phi) is 12.6. The monoisotopic (exact) mass is 884 g/mol. The van der Waals surface area contributed by atoms with Gasteiger partial charge in [0.25, 0.3) is 30.4 Å². The summed E-state index contributed by atoms with van der Waals surface area (Å²) in [5, 5.41) is 9.40. The maximum absolute atomic E-state index is 12.7. The van der Waals surface area contributed by atoms with Gasteiger partial charge in [-0.1, -0.05) is 12.1 Å². The second-order valence-electron chi connectivity index (χ2n) is 13.9. The molecule has 0 saturated carbocycles. The largest absolute Gasteiger partial charge is 0.748 e. The second kappa shape index (κ2) is 15.6. The predicted octanol–water partition coefficient (Wildman–Crippen LogP) is 2.49. The molecule has 19 nitrogen and oxygen atoms in total. The van der Waals surface area contributed by atoms with Crippen LogP contribution >= 0.6 is 0 Å². The summed E-state index contributed by atoms with van der Waals surface area (Å²) in [5.74, 6) is -2.80. The first-order valence-electron chi connectivity index (χ1n) is 16.6. The number of anilines is 1. The zero-order chi connectivity index (χ0) is 42.4. The van der Waals surface area contributed by atoms with E-state index >= 15 is 0 Å². The van der Waals surface area contributed by atoms with Gasteiger partial charge in [-0.2, -0.15) is 38.2 Å². The molecule has 4 rings (SSSR count). The van der Waals surface area contributed by atoms with Crippen LogP contribution in [0.15, 0.2) is 68.9 Å². The van der Waals surface area contributed by atoms with Crippen molar-refractivity contribution in [2.75, 3.05) is 29.5 Å². The molecule has 0 aromatic heterocycles. The van der Waals surface area contributed by atoms with Crippen molar-refractivity contribution in [2.24, 2.45) is 0 Å². The Balaban J connectivity index is 2.04. The fraction of sp³-hybridized carbons (Fsp3) is 0.438. The number of nitrogens with zero attached hydrogens (tertiary/aromatic N) is 2. The van der Waals surface area contributed by atoms with Crippen LogP contribution in [-0.2, 0) is 66.2 Å². The highest BCUT2D eigenvalue weighted by molar-refractivity contribution is 7.87. The summed E-state index contributed by atoms with van der Waals surface area (Å²) in [4.78, 5) is 11.0. The lowest BCUT2D eigenvalue weighted by molar-refractivity contribution is -0.440. The van der Waals surface area contributed by atoms with E-state index in [1.807, 2.05) is 0 Å². The molecule has 0 amide bonds. The molecule has 0 aliphatic carbocycles. The third-order valence-electron chi connectivity index (χ3n) is 9.60. The van der Waals surface area contributed by atoms with Gasteiger partial charge >= 0.3 is 16.1 Å². The number of carbonyl (C=O) groups is 1. The summed E-state index contributed by atoms with van der Waals surface area (Å²) in [6.07, 6.45) is 3.10. The van der Waals surface area contributed by atoms with Crippen molar-refractivity contribution in [3.63, 3.8) is 0 Å². The highest BCUT2D eigenvalue weighted by Crippen LogP contribution is 2.53. The van der Waals surface area contributed by atoms with Crippen LogP contribution in [0.25, 0.3) is 0 Å². The second-order valence-corrected chi connectivity index (χ2v) is 21.2. The van der Waals surface area contributed by atoms with Crippen molar-refractivity contribution < 1.29 is 79.3 Å². The molecule has 2 aromatic carbocycles. The van der Waals surface area contributed by atoms with Crippen LogP contribution in [0.1, 0.15) is 64.0 Å². The first-order chi connectivity index (χ1) is 25.4. The van der Waals surface area contributed by atoms with Gasteiger partial charge in [0, 0.05) is 53.6 Å². The van der Waals surface area contributed by atoms with Crippen molar-refractivity contribution in [2.45, 2.75) is 78.4 Å². The molecule has 0 fully saturated rings. The summed E-state index contributed by atoms with van der Waals surface area (Å²) >= 11 is 0. The van der Waals surface area contributed by atoms with E-state index in [0.29, 0.717) is 0 Å². The molecular formula is C32H40N2O17S5. The minimum absolute atomic E-state index is 0.0208. The number of hydrogen-bond acceptors (Lipinski definition) is 13. The van der Waals surface area contributed by atoms with Gasteiger partial charge in [-0.15, -0.1) is 0 Å². The van der Waals surface area contributed by atoms with Gasteiger partial charge in [-0.05, 0) is 70.4 Å². The maximum atomic E-state index is 12.7. The Morgan fingerprint density at radius 2 is 1.36 bits per heavy atom. The first kappa shape index (κ1) is 45.1. The number of aliphatic carboxylic acids is 1. The molecule has 1 atom stereocenters. The van der Waals surface area contributed by atoms with E-state index in [2.05, 4.69) is 0 Å². The standard InChI is InChI=1S/C32H40N2O17S5/c1-31(2)25(34(18-8-20-53(40,41)42)30-24(56(49,50)51)15-14-23(29(30)31)55(46,47)48)11-5-12-26-32(3,16-6-13-27(35)36)28-21(9-4-10-22(28)54(43,44)45)33(26)17-7-19-52(37,38)39/h4-5,9-12,14-15H,6-8,13,16-20H2,1-3H3,(H5-,35,36,37,38,39,40,41,42,43,44,45,46,47,48,49,50,51). The molecule has 0 spiro atoms. The van der Waals surface area contributed by atoms with Gasteiger partial charge in [0.15, 0.2) is 10.6 Å². The Morgan fingerprint density at radius 1 is 0.786 bits per heavy atom. The SMILES string of the molecule is CC1(C)C(/C=C/C=C2/N(CCCS(=O)(=O)[O-])c3cccc(S(=O)(=O)O)c3C2(C)CCCC(=O)O)=[N+](CCCS(=O)(=O)O)c2c(S(=O)(=O)O)ccc(S(=O)(=O)O)c21. The Hall–Kier alpha value is -3.59. The minimum atomic E-state index is -5.11. The number of benzene rings is 2. The fourth-order valence-corrected chi connectivity index (χ4v) is 10.8. The Bertz CT molecular complexity index is 2610. The van der Waals surface area contributed by atoms with Crippen molar-refractivity contribution >= 4 is 73.6 Å². The highest BCUT2D eigenvalue weighted by Gasteiger charge is 2.51. The third kappa shape index (κ3) is 9.74. The van der Waals surface area contributed by atoms with Crippen molar-refractivity contribution in [1.29, 1.82) is 0 Å². The van der Waals surface area contributed by atoms with Gasteiger partial charge in [-0.3, -0.25) is 23.0 Å². The Labute approximate surface area is 324 Å². The van der Waals surface area contributed by atoms with Gasteiger partial charge in [-0.25, -0.2) is 8.42 Å². The van der Waals surface area contributed by atoms with E-state index < -0.39 is 106 Å². The lowest BCUT2D eigenvalue weighted by atomic mass is 9.77. The van der Waals surface area contributed by atoms with E-state index in [4.69, 9.17) is 0 Å². The molecule has 56 heavy (non-hydrogen) atoms. The van der Waals surface area contributed by atoms with Crippen molar-refractivity contribution in [3.8, 4) is 0 Å². The highest BCUT2D eigenvalue weighted by atomic mass is 32.2. The Morgan fingerprint density at radius 3 is 1.89 bits per heavy atom. The average Bonchev–Trinajstić information content (AvgIpc) is 3.38. The molecule has 24 heteroatoms. The molecule has 2 aliphatic heterocycles. The zero-order valence-electron chi connectivity index (χ0n) is 30.1. The van der Waals surface area contributed by atoms with E-state index in [1.165, 1.54) is 53.7 Å². The predicted molar refractivity (Wildman–Crippen MR) is 199 cm³/mol. The van der Waals surface area contributed by atoms with Gasteiger partial charge in [0.2, 0.25) is 5.69 Å². The van der Waals surface area contributed by atoms with E-state index in [0.717, 1.165) is 18.2 Å². The average molecular weight is 885 g/mol. The summed E-state index contributed by atoms with van der Waals surface area (Å²) in [7, 11) is -24.3. The zero-order valence-corrected chi connectivity index (χ0v) is 34.1. The van der Waals surface area contributed by atoms with E-state index in [9.17, 15) is 74.8 Å². The van der Waals surface area contributed by atoms with Crippen LogP contribution < -0.4 is 4.90 Å². The van der Waals surface area contributed by atoms with Crippen LogP contribution in [0.3, 0.4) is 0 Å². The van der Waals surface area contributed by atoms with Crippen LogP contribution in [0.5, 0.6) is 0 Å². The molecule has 2 aromatic rings. The molecule has 2 aliphatic rings. The minimum Gasteiger partial charge on any atom is -0.748 e. The number of hydrogen-bond donors (Lipinski definition) is 5. The summed E-state index contributed by atoms with van der Waals surface area (Å²) < 4.78 is 175. The number of carboxylic acid groups (broad SMARTS) is 1. The van der Waals surface area contributed by atoms with Crippen molar-refractivity contribution in [1.82, 2.24) is 0 Å². The van der Waals surface area contributed by atoms with Crippen LogP contribution in [0, 0.1) is 0 Å². The van der Waals surface area contributed by atoms with Crippen LogP contribution in [0.4, 0.5) is 11.4 Å². The number of allylic oxidation sites excluding steroid dienone is 4. The normalized spacial score (nSPS) is 19.6. The van der Waals surface area contributed by atoms with Crippen LogP contribution in [-0.4, -0.2) is 111 Å². The smallest absolute Gasteiger partial charge is 0.303 e. The fourth-order valence-electron chi connectivity index (χ4n) is 7.43. The molecular weight excluding hydrogens is 845 g/mol. The summed E-state index contributed by atoms with van der Waals surface area (Å²) in [6, 6.07) is 5.43. The molecule has 5 N–H and O–H groups in total. The summed E-state index contributed by atoms with van der Waals surface area (Å²) in [6.45, 7) is 3.87. The molecule has 0 bridgehead atoms.